The van der Waals surface area contributed by atoms with Crippen molar-refractivity contribution in [3.05, 3.63) is 35.8 Å². The van der Waals surface area contributed by atoms with Crippen molar-refractivity contribution in [1.82, 2.24) is 30.3 Å². The fourth-order valence-corrected chi connectivity index (χ4v) is 3.76. The maximum atomic E-state index is 12.7. The standard InChI is InChI=1S/C22H24N8O3/c1-23-22(32)18-15(11-16(27-28-18)25-21(31)12-8-9-12)24-14-6-3-5-13(19(14)33-2)20-26-17-7-4-10-30(17)29-20/h3,5-6,11-12H,4,7-10H2,1-2H3,(H,23,32)(H2,24,25,27,31)/i1D3. The fraction of sp³-hybridized carbons (Fsp3) is 0.364. The maximum absolute atomic E-state index is 12.7. The van der Waals surface area contributed by atoms with Crippen LogP contribution in [0.4, 0.5) is 17.2 Å². The number of ether oxygens (including phenoxy) is 1. The lowest BCUT2D eigenvalue weighted by Gasteiger charge is -2.16. The van der Waals surface area contributed by atoms with Crippen LogP contribution in [0.3, 0.4) is 0 Å². The minimum Gasteiger partial charge on any atom is -0.494 e. The van der Waals surface area contributed by atoms with Gasteiger partial charge in [0.2, 0.25) is 5.91 Å². The Hall–Kier alpha value is -4.02. The number of nitrogens with one attached hydrogen (secondary N) is 3. The molecule has 11 nitrogen and oxygen atoms in total. The molecule has 5 rings (SSSR count). The first kappa shape index (κ1) is 17.5. The van der Waals surface area contributed by atoms with E-state index < -0.39 is 12.9 Å². The van der Waals surface area contributed by atoms with Gasteiger partial charge >= 0.3 is 0 Å². The molecule has 3 aromatic rings. The van der Waals surface area contributed by atoms with Crippen molar-refractivity contribution in [2.75, 3.05) is 24.7 Å². The van der Waals surface area contributed by atoms with Crippen LogP contribution in [0.2, 0.25) is 0 Å². The van der Waals surface area contributed by atoms with Gasteiger partial charge in [0.15, 0.2) is 23.1 Å². The molecular formula is C22H24N8O3. The highest BCUT2D eigenvalue weighted by Crippen LogP contribution is 2.38. The second-order valence-corrected chi connectivity index (χ2v) is 7.90. The van der Waals surface area contributed by atoms with Crippen LogP contribution in [-0.4, -0.2) is 50.9 Å². The Balaban J connectivity index is 1.51. The monoisotopic (exact) mass is 451 g/mol. The zero-order valence-electron chi connectivity index (χ0n) is 20.9. The molecule has 0 unspecified atom stereocenters. The van der Waals surface area contributed by atoms with Crippen molar-refractivity contribution < 1.29 is 18.4 Å². The first-order valence-corrected chi connectivity index (χ1v) is 10.6. The molecule has 1 aliphatic heterocycles. The van der Waals surface area contributed by atoms with Gasteiger partial charge in [-0.2, -0.15) is 5.10 Å². The Bertz CT molecular complexity index is 1320. The lowest BCUT2D eigenvalue weighted by molar-refractivity contribution is -0.117. The number of rotatable bonds is 7. The highest BCUT2D eigenvalue weighted by Gasteiger charge is 2.30. The Morgan fingerprint density at radius 1 is 1.24 bits per heavy atom. The smallest absolute Gasteiger partial charge is 0.273 e. The number of aromatic nitrogens is 5. The summed E-state index contributed by atoms with van der Waals surface area (Å²) in [6.07, 6.45) is 3.47. The van der Waals surface area contributed by atoms with Crippen molar-refractivity contribution in [3.8, 4) is 17.1 Å². The van der Waals surface area contributed by atoms with Crippen LogP contribution in [-0.2, 0) is 17.8 Å². The van der Waals surface area contributed by atoms with E-state index >= 15 is 0 Å². The van der Waals surface area contributed by atoms with E-state index in [9.17, 15) is 9.59 Å². The highest BCUT2D eigenvalue weighted by atomic mass is 16.5. The van der Waals surface area contributed by atoms with Crippen LogP contribution < -0.4 is 20.7 Å². The van der Waals surface area contributed by atoms with Gasteiger partial charge in [0.25, 0.3) is 5.91 Å². The molecule has 3 N–H and O–H groups in total. The van der Waals surface area contributed by atoms with E-state index in [1.54, 1.807) is 12.1 Å². The summed E-state index contributed by atoms with van der Waals surface area (Å²) in [5.41, 5.74) is 0.971. The number of fused-ring (bicyclic) bond motifs is 1. The van der Waals surface area contributed by atoms with E-state index in [1.807, 2.05) is 16.1 Å². The molecule has 0 bridgehead atoms. The zero-order chi connectivity index (χ0) is 25.4. The summed E-state index contributed by atoms with van der Waals surface area (Å²) in [5, 5.41) is 20.1. The Labute approximate surface area is 194 Å². The molecule has 0 spiro atoms. The molecule has 3 heterocycles. The SMILES string of the molecule is [2H]C([2H])([2H])NC(=O)c1nnc(NC(=O)C2CC2)cc1Nc1cccc(-c2nc3n(n2)CCC3)c1OC. The van der Waals surface area contributed by atoms with E-state index in [4.69, 9.17) is 8.85 Å². The summed E-state index contributed by atoms with van der Waals surface area (Å²) < 4.78 is 29.6. The second-order valence-electron chi connectivity index (χ2n) is 7.90. The quantitative estimate of drug-likeness (QED) is 0.497. The molecule has 1 fully saturated rings. The summed E-state index contributed by atoms with van der Waals surface area (Å²) in [6, 6.07) is 6.75. The fourth-order valence-electron chi connectivity index (χ4n) is 3.76. The van der Waals surface area contributed by atoms with Gasteiger partial charge < -0.3 is 20.7 Å². The topological polar surface area (TPSA) is 136 Å². The predicted octanol–water partition coefficient (Wildman–Crippen LogP) is 2.14. The average molecular weight is 452 g/mol. The third-order valence-corrected chi connectivity index (χ3v) is 5.57. The van der Waals surface area contributed by atoms with E-state index in [1.165, 1.54) is 13.2 Å². The van der Waals surface area contributed by atoms with Crippen molar-refractivity contribution in [1.29, 1.82) is 0 Å². The molecule has 2 aromatic heterocycles. The third-order valence-electron chi connectivity index (χ3n) is 5.57. The summed E-state index contributed by atoms with van der Waals surface area (Å²) in [7, 11) is 1.50. The number of hydrogen-bond acceptors (Lipinski definition) is 8. The average Bonchev–Trinajstić information content (AvgIpc) is 3.45. The molecule has 0 atom stereocenters. The van der Waals surface area contributed by atoms with E-state index in [0.717, 1.165) is 38.1 Å². The first-order chi connectivity index (χ1) is 17.2. The van der Waals surface area contributed by atoms with Crippen LogP contribution in [0.15, 0.2) is 24.3 Å². The number of amides is 2. The molecule has 33 heavy (non-hydrogen) atoms. The van der Waals surface area contributed by atoms with E-state index in [0.29, 0.717) is 22.8 Å². The summed E-state index contributed by atoms with van der Waals surface area (Å²) in [5.74, 6) is 0.758. The van der Waals surface area contributed by atoms with Gasteiger partial charge in [0.05, 0.1) is 24.0 Å². The molecule has 1 saturated carbocycles. The van der Waals surface area contributed by atoms with Gasteiger partial charge in [-0.05, 0) is 31.4 Å². The summed E-state index contributed by atoms with van der Waals surface area (Å²) in [4.78, 5) is 29.5. The molecule has 170 valence electrons. The number of carbonyl (C=O) groups excluding carboxylic acids is 2. The number of methoxy groups -OCH3 is 1. The van der Waals surface area contributed by atoms with E-state index in [2.05, 4.69) is 30.9 Å². The van der Waals surface area contributed by atoms with Crippen molar-refractivity contribution in [2.45, 2.75) is 32.2 Å². The molecule has 1 aliphatic carbocycles. The van der Waals surface area contributed by atoms with Gasteiger partial charge in [-0.25, -0.2) is 9.67 Å². The number of carbonyl (C=O) groups is 2. The third kappa shape index (κ3) is 4.09. The molecule has 0 saturated heterocycles. The molecule has 2 amide bonds. The number of anilines is 3. The number of nitrogens with zero attached hydrogens (tertiary/aromatic N) is 5. The summed E-state index contributed by atoms with van der Waals surface area (Å²) in [6.45, 7) is -1.91. The van der Waals surface area contributed by atoms with Crippen LogP contribution in [0.1, 0.15) is 39.7 Å². The van der Waals surface area contributed by atoms with Crippen molar-refractivity contribution >= 4 is 29.0 Å². The van der Waals surface area contributed by atoms with Gasteiger partial charge in [0.1, 0.15) is 5.82 Å². The van der Waals surface area contributed by atoms with Crippen molar-refractivity contribution in [3.63, 3.8) is 0 Å². The number of para-hydroxylation sites is 1. The van der Waals surface area contributed by atoms with E-state index in [-0.39, 0.29) is 29.0 Å². The Morgan fingerprint density at radius 3 is 2.88 bits per heavy atom. The first-order valence-electron chi connectivity index (χ1n) is 12.1. The zero-order valence-corrected chi connectivity index (χ0v) is 17.9. The number of hydrogen-bond donors (Lipinski definition) is 3. The van der Waals surface area contributed by atoms with Gasteiger partial charge in [-0.1, -0.05) is 6.07 Å². The van der Waals surface area contributed by atoms with Crippen LogP contribution in [0.5, 0.6) is 5.75 Å². The highest BCUT2D eigenvalue weighted by molar-refractivity contribution is 6.00. The largest absolute Gasteiger partial charge is 0.494 e. The van der Waals surface area contributed by atoms with Crippen LogP contribution in [0, 0.1) is 5.92 Å². The minimum atomic E-state index is -2.72. The molecule has 11 heteroatoms. The predicted molar refractivity (Wildman–Crippen MR) is 120 cm³/mol. The van der Waals surface area contributed by atoms with Crippen molar-refractivity contribution in [2.24, 2.45) is 5.92 Å². The maximum Gasteiger partial charge on any atom is 0.273 e. The Kier molecular flexibility index (Phi) is 4.51. The summed E-state index contributed by atoms with van der Waals surface area (Å²) >= 11 is 0. The van der Waals surface area contributed by atoms with Gasteiger partial charge in [-0.15, -0.1) is 10.2 Å². The number of benzene rings is 1. The number of aryl methyl sites for hydroxylation is 2. The van der Waals surface area contributed by atoms with Crippen LogP contribution >= 0.6 is 0 Å². The second kappa shape index (κ2) is 8.49. The lowest BCUT2D eigenvalue weighted by atomic mass is 10.1. The van der Waals surface area contributed by atoms with Gasteiger partial charge in [-0.3, -0.25) is 9.59 Å². The molecule has 1 aromatic carbocycles. The molecule has 2 aliphatic rings. The normalized spacial score (nSPS) is 16.2. The molecular weight excluding hydrogens is 424 g/mol. The van der Waals surface area contributed by atoms with Gasteiger partial charge in [0, 0.05) is 36.0 Å². The van der Waals surface area contributed by atoms with Crippen LogP contribution in [0.25, 0.3) is 11.4 Å². The molecule has 0 radical (unpaired) electrons. The Morgan fingerprint density at radius 2 is 2.12 bits per heavy atom. The lowest BCUT2D eigenvalue weighted by Crippen LogP contribution is -2.22. The minimum absolute atomic E-state index is 0.0671.